The van der Waals surface area contributed by atoms with Gasteiger partial charge >= 0.3 is 0 Å². The maximum absolute atomic E-state index is 5.51. The minimum Gasteiger partial charge on any atom is -0.330 e. The van der Waals surface area contributed by atoms with Crippen molar-refractivity contribution in [2.45, 2.75) is 52.5 Å². The molecule has 0 aromatic heterocycles. The molecule has 0 aromatic carbocycles. The van der Waals surface area contributed by atoms with Crippen molar-refractivity contribution in [1.82, 2.24) is 4.90 Å². The molecule has 0 spiro atoms. The van der Waals surface area contributed by atoms with Crippen LogP contribution in [0.4, 0.5) is 0 Å². The van der Waals surface area contributed by atoms with Crippen LogP contribution < -0.4 is 5.73 Å². The Morgan fingerprint density at radius 1 is 1.08 bits per heavy atom. The molecule has 0 aliphatic heterocycles. The molecule has 0 aliphatic rings. The Kier molecular flexibility index (Phi) is 8.46. The Morgan fingerprint density at radius 3 is 2.15 bits per heavy atom. The van der Waals surface area contributed by atoms with E-state index in [1.165, 1.54) is 25.8 Å². The van der Waals surface area contributed by atoms with Gasteiger partial charge in [0.2, 0.25) is 0 Å². The van der Waals surface area contributed by atoms with Crippen molar-refractivity contribution in [2.75, 3.05) is 19.6 Å². The molecule has 80 valence electrons. The van der Waals surface area contributed by atoms with Crippen molar-refractivity contribution in [1.29, 1.82) is 0 Å². The maximum atomic E-state index is 5.51. The Balaban J connectivity index is 3.54. The summed E-state index contributed by atoms with van der Waals surface area (Å²) in [6.07, 6.45) is 5.12. The van der Waals surface area contributed by atoms with E-state index in [0.717, 1.165) is 19.5 Å². The molecule has 0 atom stereocenters. The number of nitrogens with two attached hydrogens (primary N) is 1. The summed E-state index contributed by atoms with van der Waals surface area (Å²) in [7, 11) is 0. The Labute approximate surface area is 83.5 Å². The Morgan fingerprint density at radius 2 is 1.69 bits per heavy atom. The summed E-state index contributed by atoms with van der Waals surface area (Å²) < 4.78 is 0. The average molecular weight is 186 g/mol. The highest BCUT2D eigenvalue weighted by molar-refractivity contribution is 4.62. The van der Waals surface area contributed by atoms with Crippen molar-refractivity contribution in [2.24, 2.45) is 5.73 Å². The van der Waals surface area contributed by atoms with Crippen LogP contribution in [0.3, 0.4) is 0 Å². The molecule has 0 fully saturated rings. The van der Waals surface area contributed by atoms with Gasteiger partial charge < -0.3 is 10.6 Å². The Hall–Kier alpha value is -0.0800. The van der Waals surface area contributed by atoms with Crippen LogP contribution in [0.5, 0.6) is 0 Å². The van der Waals surface area contributed by atoms with Gasteiger partial charge in [-0.2, -0.15) is 0 Å². The van der Waals surface area contributed by atoms with Gasteiger partial charge in [0, 0.05) is 6.04 Å². The molecule has 0 rings (SSSR count). The zero-order valence-electron chi connectivity index (χ0n) is 9.55. The highest BCUT2D eigenvalue weighted by Gasteiger charge is 2.07. The molecule has 13 heavy (non-hydrogen) atoms. The first kappa shape index (κ1) is 12.9. The summed E-state index contributed by atoms with van der Waals surface area (Å²) in [6.45, 7) is 10.0. The second-order valence-electron chi connectivity index (χ2n) is 3.98. The molecule has 0 bridgehead atoms. The number of nitrogens with zero attached hydrogens (tertiary/aromatic N) is 1. The topological polar surface area (TPSA) is 29.3 Å². The van der Waals surface area contributed by atoms with Gasteiger partial charge in [0.15, 0.2) is 0 Å². The van der Waals surface area contributed by atoms with E-state index >= 15 is 0 Å². The van der Waals surface area contributed by atoms with E-state index in [4.69, 9.17) is 5.73 Å². The number of rotatable bonds is 8. The summed E-state index contributed by atoms with van der Waals surface area (Å²) in [4.78, 5) is 2.53. The third kappa shape index (κ3) is 7.03. The third-order valence-corrected chi connectivity index (χ3v) is 2.43. The largest absolute Gasteiger partial charge is 0.330 e. The summed E-state index contributed by atoms with van der Waals surface area (Å²) in [5.41, 5.74) is 5.51. The minimum absolute atomic E-state index is 0.670. The van der Waals surface area contributed by atoms with Crippen molar-refractivity contribution in [3.8, 4) is 0 Å². The van der Waals surface area contributed by atoms with Gasteiger partial charge in [0.25, 0.3) is 0 Å². The first-order chi connectivity index (χ1) is 6.22. The number of hydrogen-bond donors (Lipinski definition) is 1. The van der Waals surface area contributed by atoms with Crippen LogP contribution in [0, 0.1) is 0 Å². The van der Waals surface area contributed by atoms with E-state index in [1.54, 1.807) is 0 Å². The second-order valence-corrected chi connectivity index (χ2v) is 3.98. The van der Waals surface area contributed by atoms with Gasteiger partial charge in [-0.25, -0.2) is 0 Å². The lowest BCUT2D eigenvalue weighted by molar-refractivity contribution is 0.216. The Bertz CT molecular complexity index is 102. The fourth-order valence-electron chi connectivity index (χ4n) is 1.49. The molecule has 0 amide bonds. The lowest BCUT2D eigenvalue weighted by Gasteiger charge is -2.26. The van der Waals surface area contributed by atoms with Crippen LogP contribution in [0.25, 0.3) is 0 Å². The van der Waals surface area contributed by atoms with Crippen LogP contribution in [0.1, 0.15) is 46.5 Å². The molecular weight excluding hydrogens is 160 g/mol. The monoisotopic (exact) mass is 186 g/mol. The van der Waals surface area contributed by atoms with Crippen LogP contribution in [-0.2, 0) is 0 Å². The quantitative estimate of drug-likeness (QED) is 0.589. The fraction of sp³-hybridized carbons (Fsp3) is 1.00. The number of unbranched alkanes of at least 4 members (excludes halogenated alkanes) is 2. The van der Waals surface area contributed by atoms with E-state index in [-0.39, 0.29) is 0 Å². The van der Waals surface area contributed by atoms with Crippen LogP contribution >= 0.6 is 0 Å². The van der Waals surface area contributed by atoms with Gasteiger partial charge in [-0.3, -0.25) is 0 Å². The van der Waals surface area contributed by atoms with Gasteiger partial charge in [0.05, 0.1) is 0 Å². The van der Waals surface area contributed by atoms with Crippen molar-refractivity contribution >= 4 is 0 Å². The van der Waals surface area contributed by atoms with Crippen molar-refractivity contribution in [3.63, 3.8) is 0 Å². The lowest BCUT2D eigenvalue weighted by atomic mass is 10.2. The summed E-state index contributed by atoms with van der Waals surface area (Å²) >= 11 is 0. The predicted octanol–water partition coefficient (Wildman–Crippen LogP) is 2.24. The van der Waals surface area contributed by atoms with E-state index in [0.29, 0.717) is 6.04 Å². The average Bonchev–Trinajstić information content (AvgIpc) is 2.10. The molecule has 0 saturated carbocycles. The minimum atomic E-state index is 0.670. The molecule has 0 saturated heterocycles. The second kappa shape index (κ2) is 8.52. The molecule has 2 heteroatoms. The SMILES string of the molecule is CCCCCN(CCCN)C(C)C. The van der Waals surface area contributed by atoms with Gasteiger partial charge in [-0.15, -0.1) is 0 Å². The summed E-state index contributed by atoms with van der Waals surface area (Å²) in [5.74, 6) is 0. The van der Waals surface area contributed by atoms with Crippen LogP contribution in [0.2, 0.25) is 0 Å². The standard InChI is InChI=1S/C11H26N2/c1-4-5-6-9-13(11(2)3)10-7-8-12/h11H,4-10,12H2,1-3H3. The number of hydrogen-bond acceptors (Lipinski definition) is 2. The molecule has 2 nitrogen and oxygen atoms in total. The highest BCUT2D eigenvalue weighted by atomic mass is 15.1. The van der Waals surface area contributed by atoms with E-state index < -0.39 is 0 Å². The van der Waals surface area contributed by atoms with E-state index in [2.05, 4.69) is 25.7 Å². The van der Waals surface area contributed by atoms with E-state index in [1.807, 2.05) is 0 Å². The zero-order chi connectivity index (χ0) is 10.1. The predicted molar refractivity (Wildman–Crippen MR) is 59.9 cm³/mol. The molecule has 0 radical (unpaired) electrons. The fourth-order valence-corrected chi connectivity index (χ4v) is 1.49. The zero-order valence-corrected chi connectivity index (χ0v) is 9.55. The van der Waals surface area contributed by atoms with Crippen molar-refractivity contribution in [3.05, 3.63) is 0 Å². The summed E-state index contributed by atoms with van der Waals surface area (Å²) in [6, 6.07) is 0.670. The molecular formula is C11H26N2. The first-order valence-electron chi connectivity index (χ1n) is 5.66. The van der Waals surface area contributed by atoms with E-state index in [9.17, 15) is 0 Å². The lowest BCUT2D eigenvalue weighted by Crippen LogP contribution is -2.33. The summed E-state index contributed by atoms with van der Waals surface area (Å²) in [5, 5.41) is 0. The third-order valence-electron chi connectivity index (χ3n) is 2.43. The smallest absolute Gasteiger partial charge is 0.00385 e. The molecule has 0 unspecified atom stereocenters. The highest BCUT2D eigenvalue weighted by Crippen LogP contribution is 2.03. The normalized spacial score (nSPS) is 11.5. The van der Waals surface area contributed by atoms with Gasteiger partial charge in [-0.05, 0) is 46.3 Å². The maximum Gasteiger partial charge on any atom is 0.00385 e. The van der Waals surface area contributed by atoms with Crippen molar-refractivity contribution < 1.29 is 0 Å². The van der Waals surface area contributed by atoms with Gasteiger partial charge in [0.1, 0.15) is 0 Å². The van der Waals surface area contributed by atoms with Crippen LogP contribution in [-0.4, -0.2) is 30.6 Å². The van der Waals surface area contributed by atoms with Gasteiger partial charge in [-0.1, -0.05) is 19.8 Å². The molecule has 2 N–H and O–H groups in total. The first-order valence-corrected chi connectivity index (χ1v) is 5.66. The molecule has 0 heterocycles. The molecule has 0 aliphatic carbocycles. The van der Waals surface area contributed by atoms with Crippen LogP contribution in [0.15, 0.2) is 0 Å². The molecule has 0 aromatic rings.